The van der Waals surface area contributed by atoms with Crippen LogP contribution in [0, 0.1) is 17.6 Å². The van der Waals surface area contributed by atoms with E-state index in [9.17, 15) is 18.4 Å². The fraction of sp³-hybridized carbons (Fsp3) is 0.556. The number of hydrogen-bond donors (Lipinski definition) is 2. The average Bonchev–Trinajstić information content (AvgIpc) is 2.64. The molecule has 1 atom stereocenters. The Bertz CT molecular complexity index is 628. The normalized spacial score (nSPS) is 17.0. The van der Waals surface area contributed by atoms with Gasteiger partial charge in [-0.05, 0) is 31.4 Å². The minimum absolute atomic E-state index is 0.0338. The highest BCUT2D eigenvalue weighted by atomic mass is 19.1. The molecule has 1 aliphatic heterocycles. The van der Waals surface area contributed by atoms with E-state index in [0.29, 0.717) is 32.6 Å². The lowest BCUT2D eigenvalue weighted by atomic mass is 9.96. The van der Waals surface area contributed by atoms with E-state index >= 15 is 0 Å². The van der Waals surface area contributed by atoms with E-state index in [2.05, 4.69) is 5.32 Å². The molecule has 1 heterocycles. The Kier molecular flexibility index (Phi) is 7.77. The molecule has 1 aromatic carbocycles. The number of benzene rings is 1. The van der Waals surface area contributed by atoms with Crippen LogP contribution in [0.15, 0.2) is 18.2 Å². The SMILES string of the molecule is NCCNC(=O)C1CCCN(C(=O)CCCOc2ccc(F)cc2F)C1. The minimum atomic E-state index is -0.765. The third-order valence-corrected chi connectivity index (χ3v) is 4.27. The van der Waals surface area contributed by atoms with Gasteiger partial charge in [0.05, 0.1) is 12.5 Å². The number of nitrogens with two attached hydrogens (primary N) is 1. The molecular weight excluding hydrogens is 344 g/mol. The quantitative estimate of drug-likeness (QED) is 0.679. The van der Waals surface area contributed by atoms with Gasteiger partial charge in [-0.25, -0.2) is 8.78 Å². The van der Waals surface area contributed by atoms with Crippen molar-refractivity contribution in [2.45, 2.75) is 25.7 Å². The van der Waals surface area contributed by atoms with Gasteiger partial charge in [0, 0.05) is 38.7 Å². The number of amides is 2. The number of piperidine rings is 1. The Balaban J connectivity index is 1.72. The zero-order valence-electron chi connectivity index (χ0n) is 14.7. The van der Waals surface area contributed by atoms with Gasteiger partial charge in [0.25, 0.3) is 0 Å². The number of halogens is 2. The molecule has 0 bridgehead atoms. The number of carbonyl (C=O) groups excluding carboxylic acids is 2. The van der Waals surface area contributed by atoms with Gasteiger partial charge in [-0.3, -0.25) is 9.59 Å². The molecule has 2 amide bonds. The predicted molar refractivity (Wildman–Crippen MR) is 92.5 cm³/mol. The minimum Gasteiger partial charge on any atom is -0.491 e. The topological polar surface area (TPSA) is 84.7 Å². The van der Waals surface area contributed by atoms with Crippen molar-refractivity contribution >= 4 is 11.8 Å². The summed E-state index contributed by atoms with van der Waals surface area (Å²) in [6.45, 7) is 2.01. The second-order valence-electron chi connectivity index (χ2n) is 6.29. The third kappa shape index (κ3) is 5.94. The van der Waals surface area contributed by atoms with Crippen LogP contribution in [0.1, 0.15) is 25.7 Å². The number of likely N-dealkylation sites (tertiary alicyclic amines) is 1. The summed E-state index contributed by atoms with van der Waals surface area (Å²) in [4.78, 5) is 26.0. The monoisotopic (exact) mass is 369 g/mol. The smallest absolute Gasteiger partial charge is 0.224 e. The van der Waals surface area contributed by atoms with Gasteiger partial charge in [-0.2, -0.15) is 0 Å². The molecule has 1 unspecified atom stereocenters. The predicted octanol–water partition coefficient (Wildman–Crippen LogP) is 1.44. The van der Waals surface area contributed by atoms with E-state index in [4.69, 9.17) is 10.5 Å². The number of ether oxygens (including phenoxy) is 1. The fourth-order valence-electron chi connectivity index (χ4n) is 2.91. The Labute approximate surface area is 151 Å². The average molecular weight is 369 g/mol. The van der Waals surface area contributed by atoms with Crippen molar-refractivity contribution in [1.82, 2.24) is 10.2 Å². The van der Waals surface area contributed by atoms with Crippen LogP contribution in [-0.4, -0.2) is 49.5 Å². The summed E-state index contributed by atoms with van der Waals surface area (Å²) in [5, 5.41) is 2.76. The molecule has 6 nitrogen and oxygen atoms in total. The molecule has 2 rings (SSSR count). The van der Waals surface area contributed by atoms with Gasteiger partial charge in [0.1, 0.15) is 5.82 Å². The van der Waals surface area contributed by atoms with Gasteiger partial charge < -0.3 is 20.7 Å². The van der Waals surface area contributed by atoms with Crippen LogP contribution in [0.3, 0.4) is 0 Å². The zero-order chi connectivity index (χ0) is 18.9. The molecule has 0 aliphatic carbocycles. The molecule has 1 fully saturated rings. The van der Waals surface area contributed by atoms with E-state index < -0.39 is 11.6 Å². The van der Waals surface area contributed by atoms with Crippen molar-refractivity contribution in [3.05, 3.63) is 29.8 Å². The van der Waals surface area contributed by atoms with Crippen molar-refractivity contribution in [2.75, 3.05) is 32.8 Å². The zero-order valence-corrected chi connectivity index (χ0v) is 14.7. The molecule has 1 saturated heterocycles. The van der Waals surface area contributed by atoms with Gasteiger partial charge >= 0.3 is 0 Å². The standard InChI is InChI=1S/C18H25F2N3O3/c19-14-5-6-16(15(20)11-14)26-10-2-4-17(24)23-9-1-3-13(12-23)18(25)22-8-7-21/h5-6,11,13H,1-4,7-10,12,21H2,(H,22,25). The summed E-state index contributed by atoms with van der Waals surface area (Å²) in [6.07, 6.45) is 2.20. The molecular formula is C18H25F2N3O3. The molecule has 0 saturated carbocycles. The lowest BCUT2D eigenvalue weighted by Crippen LogP contribution is -2.46. The number of hydrogen-bond acceptors (Lipinski definition) is 4. The van der Waals surface area contributed by atoms with Crippen molar-refractivity contribution in [1.29, 1.82) is 0 Å². The second-order valence-corrected chi connectivity index (χ2v) is 6.29. The lowest BCUT2D eigenvalue weighted by molar-refractivity contribution is -0.135. The molecule has 1 aromatic rings. The lowest BCUT2D eigenvalue weighted by Gasteiger charge is -2.32. The molecule has 1 aliphatic rings. The summed E-state index contributed by atoms with van der Waals surface area (Å²) in [5.41, 5.74) is 5.38. The molecule has 26 heavy (non-hydrogen) atoms. The highest BCUT2D eigenvalue weighted by Crippen LogP contribution is 2.19. The van der Waals surface area contributed by atoms with Crippen LogP contribution >= 0.6 is 0 Å². The summed E-state index contributed by atoms with van der Waals surface area (Å²) in [6, 6.07) is 3.10. The molecule has 0 aromatic heterocycles. The molecule has 3 N–H and O–H groups in total. The maximum atomic E-state index is 13.4. The molecule has 8 heteroatoms. The van der Waals surface area contributed by atoms with Gasteiger partial charge in [0.15, 0.2) is 11.6 Å². The van der Waals surface area contributed by atoms with E-state index in [1.54, 1.807) is 4.90 Å². The largest absolute Gasteiger partial charge is 0.491 e. The maximum absolute atomic E-state index is 13.4. The summed E-state index contributed by atoms with van der Waals surface area (Å²) < 4.78 is 31.5. The fourth-order valence-corrected chi connectivity index (χ4v) is 2.91. The summed E-state index contributed by atoms with van der Waals surface area (Å²) >= 11 is 0. The van der Waals surface area contributed by atoms with Crippen molar-refractivity contribution in [2.24, 2.45) is 11.7 Å². The van der Waals surface area contributed by atoms with Crippen LogP contribution in [-0.2, 0) is 9.59 Å². The van der Waals surface area contributed by atoms with Crippen LogP contribution in [0.5, 0.6) is 5.75 Å². The molecule has 0 spiro atoms. The molecule has 144 valence electrons. The first-order valence-corrected chi connectivity index (χ1v) is 8.84. The number of nitrogens with one attached hydrogen (secondary N) is 1. The van der Waals surface area contributed by atoms with Crippen LogP contribution in [0.4, 0.5) is 8.78 Å². The summed E-state index contributed by atoms with van der Waals surface area (Å²) in [7, 11) is 0. The van der Waals surface area contributed by atoms with Gasteiger partial charge in [-0.15, -0.1) is 0 Å². The van der Waals surface area contributed by atoms with Crippen LogP contribution in [0.2, 0.25) is 0 Å². The first kappa shape index (κ1) is 20.1. The maximum Gasteiger partial charge on any atom is 0.224 e. The Morgan fingerprint density at radius 2 is 2.15 bits per heavy atom. The van der Waals surface area contributed by atoms with E-state index in [-0.39, 0.29) is 36.5 Å². The Morgan fingerprint density at radius 3 is 2.88 bits per heavy atom. The molecule has 0 radical (unpaired) electrons. The van der Waals surface area contributed by atoms with Gasteiger partial charge in [-0.1, -0.05) is 0 Å². The van der Waals surface area contributed by atoms with E-state index in [0.717, 1.165) is 25.0 Å². The van der Waals surface area contributed by atoms with E-state index in [1.165, 1.54) is 6.07 Å². The number of nitrogens with zero attached hydrogens (tertiary/aromatic N) is 1. The van der Waals surface area contributed by atoms with Crippen LogP contribution in [0.25, 0.3) is 0 Å². The van der Waals surface area contributed by atoms with E-state index in [1.807, 2.05) is 0 Å². The van der Waals surface area contributed by atoms with Gasteiger partial charge in [0.2, 0.25) is 11.8 Å². The second kappa shape index (κ2) is 10.1. The first-order chi connectivity index (χ1) is 12.5. The number of carbonyl (C=O) groups is 2. The third-order valence-electron chi connectivity index (χ3n) is 4.27. The Hall–Kier alpha value is -2.22. The van der Waals surface area contributed by atoms with Crippen molar-refractivity contribution in [3.63, 3.8) is 0 Å². The Morgan fingerprint density at radius 1 is 1.35 bits per heavy atom. The number of rotatable bonds is 8. The highest BCUT2D eigenvalue weighted by molar-refractivity contribution is 5.81. The summed E-state index contributed by atoms with van der Waals surface area (Å²) in [5.74, 6) is -1.79. The van der Waals surface area contributed by atoms with Crippen LogP contribution < -0.4 is 15.8 Å². The highest BCUT2D eigenvalue weighted by Gasteiger charge is 2.27. The van der Waals surface area contributed by atoms with Crippen molar-refractivity contribution in [3.8, 4) is 5.75 Å². The van der Waals surface area contributed by atoms with Crippen molar-refractivity contribution < 1.29 is 23.1 Å². The first-order valence-electron chi connectivity index (χ1n) is 8.84.